The first-order valence-corrected chi connectivity index (χ1v) is 6.97. The number of carbonyl (C=O) groups is 1. The van der Waals surface area contributed by atoms with Gasteiger partial charge < -0.3 is 5.11 Å². The molecular formula is C7H15NO4S2. The van der Waals surface area contributed by atoms with E-state index in [1.807, 2.05) is 6.92 Å². The Morgan fingerprint density at radius 1 is 1.57 bits per heavy atom. The second kappa shape index (κ2) is 6.26. The summed E-state index contributed by atoms with van der Waals surface area (Å²) in [6.07, 6.45) is 0. The third kappa shape index (κ3) is 7.16. The maximum absolute atomic E-state index is 11.1. The molecular weight excluding hydrogens is 226 g/mol. The zero-order valence-electron chi connectivity index (χ0n) is 8.19. The highest BCUT2D eigenvalue weighted by Crippen LogP contribution is 2.02. The van der Waals surface area contributed by atoms with Crippen molar-refractivity contribution in [3.05, 3.63) is 0 Å². The average Bonchev–Trinajstić information content (AvgIpc) is 1.96. The highest BCUT2D eigenvalue weighted by Gasteiger charge is 2.17. The maximum atomic E-state index is 11.1. The van der Waals surface area contributed by atoms with Crippen LogP contribution >= 0.6 is 11.8 Å². The fourth-order valence-electron chi connectivity index (χ4n) is 0.839. The van der Waals surface area contributed by atoms with Gasteiger partial charge in [-0.1, -0.05) is 6.92 Å². The van der Waals surface area contributed by atoms with E-state index in [0.717, 1.165) is 5.75 Å². The van der Waals surface area contributed by atoms with E-state index < -0.39 is 21.7 Å². The van der Waals surface area contributed by atoms with E-state index in [4.69, 9.17) is 5.11 Å². The summed E-state index contributed by atoms with van der Waals surface area (Å²) in [5, 5.41) is 8.31. The standard InChI is InChI=1S/C7H15NO4S2/c1-3-13-4-6(2)8-14(11,12)5-7(9)10/h6,8H,3-5H2,1-2H3,(H,9,10). The molecule has 0 aromatic carbocycles. The third-order valence-electron chi connectivity index (χ3n) is 1.27. The van der Waals surface area contributed by atoms with Gasteiger partial charge in [-0.25, -0.2) is 13.1 Å². The van der Waals surface area contributed by atoms with Crippen LogP contribution in [-0.2, 0) is 14.8 Å². The third-order valence-corrected chi connectivity index (χ3v) is 3.80. The van der Waals surface area contributed by atoms with Crippen LogP contribution in [0.1, 0.15) is 13.8 Å². The van der Waals surface area contributed by atoms with E-state index in [2.05, 4.69) is 4.72 Å². The van der Waals surface area contributed by atoms with Gasteiger partial charge in [0.1, 0.15) is 0 Å². The Morgan fingerprint density at radius 2 is 2.14 bits per heavy atom. The van der Waals surface area contributed by atoms with Crippen LogP contribution in [0.15, 0.2) is 0 Å². The molecule has 0 saturated heterocycles. The summed E-state index contributed by atoms with van der Waals surface area (Å²) in [5.41, 5.74) is 0. The number of nitrogens with one attached hydrogen (secondary N) is 1. The predicted molar refractivity (Wildman–Crippen MR) is 57.0 cm³/mol. The van der Waals surface area contributed by atoms with E-state index in [1.54, 1.807) is 18.7 Å². The summed E-state index contributed by atoms with van der Waals surface area (Å²) in [6, 6.07) is -0.232. The van der Waals surface area contributed by atoms with Crippen LogP contribution in [0.4, 0.5) is 0 Å². The highest BCUT2D eigenvalue weighted by molar-refractivity contribution is 7.99. The number of sulfonamides is 1. The number of aliphatic carboxylic acids is 1. The van der Waals surface area contributed by atoms with Crippen molar-refractivity contribution < 1.29 is 18.3 Å². The lowest BCUT2D eigenvalue weighted by molar-refractivity contribution is -0.134. The molecule has 0 rings (SSSR count). The molecule has 84 valence electrons. The SMILES string of the molecule is CCSCC(C)NS(=O)(=O)CC(=O)O. The molecule has 1 atom stereocenters. The maximum Gasteiger partial charge on any atom is 0.320 e. The minimum absolute atomic E-state index is 0.232. The molecule has 0 radical (unpaired) electrons. The first kappa shape index (κ1) is 13.7. The van der Waals surface area contributed by atoms with Crippen molar-refractivity contribution in [3.63, 3.8) is 0 Å². The lowest BCUT2D eigenvalue weighted by Crippen LogP contribution is -2.37. The quantitative estimate of drug-likeness (QED) is 0.662. The Morgan fingerprint density at radius 3 is 2.57 bits per heavy atom. The van der Waals surface area contributed by atoms with Gasteiger partial charge >= 0.3 is 5.97 Å². The van der Waals surface area contributed by atoms with E-state index in [1.165, 1.54) is 0 Å². The predicted octanol–water partition coefficient (Wildman–Crippen LogP) is 0.132. The fourth-order valence-corrected chi connectivity index (χ4v) is 2.72. The molecule has 0 aliphatic carbocycles. The van der Waals surface area contributed by atoms with Gasteiger partial charge in [0, 0.05) is 11.8 Å². The number of carboxylic acid groups (broad SMARTS) is 1. The van der Waals surface area contributed by atoms with Crippen molar-refractivity contribution in [2.75, 3.05) is 17.3 Å². The van der Waals surface area contributed by atoms with Crippen molar-refractivity contribution in [1.29, 1.82) is 0 Å². The van der Waals surface area contributed by atoms with E-state index in [-0.39, 0.29) is 6.04 Å². The number of hydrogen-bond acceptors (Lipinski definition) is 4. The molecule has 0 amide bonds. The first-order valence-electron chi connectivity index (χ1n) is 4.17. The molecule has 1 unspecified atom stereocenters. The van der Waals surface area contributed by atoms with E-state index in [9.17, 15) is 13.2 Å². The van der Waals surface area contributed by atoms with Crippen LogP contribution in [0.25, 0.3) is 0 Å². The number of carboxylic acids is 1. The van der Waals surface area contributed by atoms with Crippen LogP contribution < -0.4 is 4.72 Å². The first-order chi connectivity index (χ1) is 6.37. The van der Waals surface area contributed by atoms with Crippen LogP contribution in [0, 0.1) is 0 Å². The Labute approximate surface area is 88.3 Å². The van der Waals surface area contributed by atoms with Crippen molar-refractivity contribution in [2.45, 2.75) is 19.9 Å². The van der Waals surface area contributed by atoms with Crippen molar-refractivity contribution in [3.8, 4) is 0 Å². The van der Waals surface area contributed by atoms with Gasteiger partial charge in [0.15, 0.2) is 5.75 Å². The molecule has 7 heteroatoms. The minimum Gasteiger partial charge on any atom is -0.480 e. The number of thioether (sulfide) groups is 1. The number of hydrogen-bond donors (Lipinski definition) is 2. The lowest BCUT2D eigenvalue weighted by Gasteiger charge is -2.11. The minimum atomic E-state index is -3.67. The zero-order valence-corrected chi connectivity index (χ0v) is 9.82. The second-order valence-corrected chi connectivity index (χ2v) is 5.90. The summed E-state index contributed by atoms with van der Waals surface area (Å²) >= 11 is 1.60. The van der Waals surface area contributed by atoms with Gasteiger partial charge in [-0.3, -0.25) is 4.79 Å². The molecule has 2 N–H and O–H groups in total. The molecule has 0 spiro atoms. The second-order valence-electron chi connectivity index (χ2n) is 2.83. The van der Waals surface area contributed by atoms with Crippen molar-refractivity contribution >= 4 is 27.8 Å². The van der Waals surface area contributed by atoms with Gasteiger partial charge in [-0.15, -0.1) is 0 Å². The van der Waals surface area contributed by atoms with Crippen molar-refractivity contribution in [2.24, 2.45) is 0 Å². The molecule has 14 heavy (non-hydrogen) atoms. The van der Waals surface area contributed by atoms with Crippen LogP contribution in [0.3, 0.4) is 0 Å². The molecule has 0 aromatic rings. The number of rotatable bonds is 7. The van der Waals surface area contributed by atoms with Gasteiger partial charge in [-0.2, -0.15) is 11.8 Å². The Balaban J connectivity index is 4.02. The fraction of sp³-hybridized carbons (Fsp3) is 0.857. The van der Waals surface area contributed by atoms with Crippen LogP contribution in [0.2, 0.25) is 0 Å². The molecule has 0 heterocycles. The zero-order chi connectivity index (χ0) is 11.2. The van der Waals surface area contributed by atoms with Crippen LogP contribution in [-0.4, -0.2) is 42.8 Å². The monoisotopic (exact) mass is 241 g/mol. The summed E-state index contributed by atoms with van der Waals surface area (Å²) in [5.74, 6) is -0.651. The summed E-state index contributed by atoms with van der Waals surface area (Å²) < 4.78 is 24.5. The molecule has 0 saturated carbocycles. The highest BCUT2D eigenvalue weighted by atomic mass is 32.2. The van der Waals surface area contributed by atoms with Gasteiger partial charge in [0.2, 0.25) is 10.0 Å². The molecule has 0 aliphatic rings. The summed E-state index contributed by atoms with van der Waals surface area (Å²) in [7, 11) is -3.67. The summed E-state index contributed by atoms with van der Waals surface area (Å²) in [6.45, 7) is 3.69. The van der Waals surface area contributed by atoms with E-state index in [0.29, 0.717) is 5.75 Å². The van der Waals surface area contributed by atoms with Gasteiger partial charge in [0.05, 0.1) is 0 Å². The van der Waals surface area contributed by atoms with Crippen LogP contribution in [0.5, 0.6) is 0 Å². The average molecular weight is 241 g/mol. The van der Waals surface area contributed by atoms with Gasteiger partial charge in [0.25, 0.3) is 0 Å². The molecule has 0 aromatic heterocycles. The summed E-state index contributed by atoms with van der Waals surface area (Å²) in [4.78, 5) is 10.2. The topological polar surface area (TPSA) is 83.5 Å². The molecule has 0 bridgehead atoms. The van der Waals surface area contributed by atoms with Crippen molar-refractivity contribution in [1.82, 2.24) is 4.72 Å². The van der Waals surface area contributed by atoms with Gasteiger partial charge in [-0.05, 0) is 12.7 Å². The Kier molecular flexibility index (Phi) is 6.14. The Hall–Kier alpha value is -0.270. The molecule has 0 aliphatic heterocycles. The smallest absolute Gasteiger partial charge is 0.320 e. The van der Waals surface area contributed by atoms with E-state index >= 15 is 0 Å². The molecule has 5 nitrogen and oxygen atoms in total. The Bertz CT molecular complexity index is 275. The largest absolute Gasteiger partial charge is 0.480 e. The molecule has 0 fully saturated rings. The lowest BCUT2D eigenvalue weighted by atomic mass is 10.4. The normalized spacial score (nSPS) is 13.9.